The minimum absolute atomic E-state index is 0.508. The summed E-state index contributed by atoms with van der Waals surface area (Å²) in [5, 5.41) is 0. The molecule has 0 saturated heterocycles. The van der Waals surface area contributed by atoms with Gasteiger partial charge in [0.1, 0.15) is 0 Å². The molecule has 0 amide bonds. The van der Waals surface area contributed by atoms with Crippen molar-refractivity contribution in [3.8, 4) is 0 Å². The van der Waals surface area contributed by atoms with E-state index in [1.54, 1.807) is 0 Å². The lowest BCUT2D eigenvalue weighted by Crippen LogP contribution is -2.39. The Morgan fingerprint density at radius 1 is 1.23 bits per heavy atom. The maximum atomic E-state index is 6.18. The molecule has 2 unspecified atom stereocenters. The molecular weight excluding hydrogens is 158 g/mol. The first-order valence-corrected chi connectivity index (χ1v) is 5.82. The van der Waals surface area contributed by atoms with E-state index in [1.807, 2.05) is 0 Å². The summed E-state index contributed by atoms with van der Waals surface area (Å²) < 4.78 is 0. The van der Waals surface area contributed by atoms with Crippen LogP contribution in [0, 0.1) is 17.3 Å². The van der Waals surface area contributed by atoms with Crippen molar-refractivity contribution in [1.82, 2.24) is 0 Å². The molecule has 1 heteroatoms. The van der Waals surface area contributed by atoms with Crippen LogP contribution in [0.3, 0.4) is 0 Å². The van der Waals surface area contributed by atoms with Crippen LogP contribution in [0.2, 0.25) is 0 Å². The zero-order chi connectivity index (χ0) is 9.47. The molecule has 0 aromatic rings. The Hall–Kier alpha value is -0.0400. The van der Waals surface area contributed by atoms with Crippen LogP contribution in [0.15, 0.2) is 0 Å². The summed E-state index contributed by atoms with van der Waals surface area (Å²) >= 11 is 0. The minimum Gasteiger partial charge on any atom is -0.327 e. The summed E-state index contributed by atoms with van der Waals surface area (Å²) in [6, 6.07) is 0.508. The molecule has 2 aliphatic carbocycles. The van der Waals surface area contributed by atoms with Gasteiger partial charge in [-0.25, -0.2) is 0 Å². The monoisotopic (exact) mass is 181 g/mol. The first-order chi connectivity index (χ1) is 6.07. The van der Waals surface area contributed by atoms with Crippen molar-refractivity contribution in [2.45, 2.75) is 58.4 Å². The van der Waals surface area contributed by atoms with Gasteiger partial charge in [-0.05, 0) is 42.9 Å². The van der Waals surface area contributed by atoms with Crippen LogP contribution in [-0.4, -0.2) is 6.04 Å². The fourth-order valence-electron chi connectivity index (χ4n) is 2.80. The Bertz CT molecular complexity index is 182. The van der Waals surface area contributed by atoms with Gasteiger partial charge in [0.15, 0.2) is 0 Å². The van der Waals surface area contributed by atoms with Gasteiger partial charge in [-0.15, -0.1) is 0 Å². The average molecular weight is 181 g/mol. The molecule has 0 aliphatic heterocycles. The molecule has 2 saturated carbocycles. The fraction of sp³-hybridized carbons (Fsp3) is 1.00. The molecule has 1 nitrogen and oxygen atoms in total. The van der Waals surface area contributed by atoms with E-state index in [1.165, 1.54) is 38.5 Å². The topological polar surface area (TPSA) is 26.0 Å². The van der Waals surface area contributed by atoms with E-state index >= 15 is 0 Å². The highest BCUT2D eigenvalue weighted by atomic mass is 14.7. The van der Waals surface area contributed by atoms with Crippen molar-refractivity contribution in [1.29, 1.82) is 0 Å². The molecule has 2 fully saturated rings. The van der Waals surface area contributed by atoms with E-state index in [2.05, 4.69) is 13.8 Å². The normalized spacial score (nSPS) is 39.0. The quantitative estimate of drug-likeness (QED) is 0.696. The third kappa shape index (κ3) is 2.46. The van der Waals surface area contributed by atoms with Crippen LogP contribution in [-0.2, 0) is 0 Å². The Morgan fingerprint density at radius 3 is 2.54 bits per heavy atom. The van der Waals surface area contributed by atoms with Crippen LogP contribution < -0.4 is 5.73 Å². The third-order valence-corrected chi connectivity index (χ3v) is 3.91. The summed E-state index contributed by atoms with van der Waals surface area (Å²) in [6.45, 7) is 4.80. The number of hydrogen-bond acceptors (Lipinski definition) is 1. The number of rotatable bonds is 2. The van der Waals surface area contributed by atoms with Crippen LogP contribution in [0.25, 0.3) is 0 Å². The van der Waals surface area contributed by atoms with Gasteiger partial charge < -0.3 is 5.73 Å². The SMILES string of the molecule is CC1(C)CCC(N)C(CC2CC2)C1. The fourth-order valence-corrected chi connectivity index (χ4v) is 2.80. The lowest BCUT2D eigenvalue weighted by Gasteiger charge is -2.39. The Balaban J connectivity index is 1.90. The van der Waals surface area contributed by atoms with Crippen LogP contribution in [0.4, 0.5) is 0 Å². The summed E-state index contributed by atoms with van der Waals surface area (Å²) in [5.74, 6) is 1.88. The van der Waals surface area contributed by atoms with Gasteiger partial charge in [-0.3, -0.25) is 0 Å². The predicted octanol–water partition coefficient (Wildman–Crippen LogP) is 2.94. The third-order valence-electron chi connectivity index (χ3n) is 3.91. The second kappa shape index (κ2) is 3.27. The summed E-state index contributed by atoms with van der Waals surface area (Å²) in [5.41, 5.74) is 6.74. The van der Waals surface area contributed by atoms with Crippen LogP contribution in [0.5, 0.6) is 0 Å². The molecule has 2 rings (SSSR count). The molecule has 0 bridgehead atoms. The summed E-state index contributed by atoms with van der Waals surface area (Å²) in [7, 11) is 0. The van der Waals surface area contributed by atoms with Crippen molar-refractivity contribution >= 4 is 0 Å². The van der Waals surface area contributed by atoms with E-state index in [0.29, 0.717) is 11.5 Å². The van der Waals surface area contributed by atoms with Crippen molar-refractivity contribution in [2.75, 3.05) is 0 Å². The zero-order valence-electron chi connectivity index (χ0n) is 9.05. The number of nitrogens with two attached hydrogens (primary N) is 1. The summed E-state index contributed by atoms with van der Waals surface area (Å²) in [6.07, 6.45) is 8.32. The van der Waals surface area contributed by atoms with Gasteiger partial charge >= 0.3 is 0 Å². The molecule has 13 heavy (non-hydrogen) atoms. The number of hydrogen-bond donors (Lipinski definition) is 1. The summed E-state index contributed by atoms with van der Waals surface area (Å²) in [4.78, 5) is 0. The minimum atomic E-state index is 0.508. The van der Waals surface area contributed by atoms with Crippen molar-refractivity contribution in [3.05, 3.63) is 0 Å². The van der Waals surface area contributed by atoms with Gasteiger partial charge in [0.25, 0.3) is 0 Å². The molecular formula is C12H23N. The zero-order valence-corrected chi connectivity index (χ0v) is 9.05. The van der Waals surface area contributed by atoms with Gasteiger partial charge in [0, 0.05) is 6.04 Å². The molecule has 0 aromatic carbocycles. The lowest BCUT2D eigenvalue weighted by atomic mass is 9.69. The molecule has 0 heterocycles. The van der Waals surface area contributed by atoms with Crippen LogP contribution in [0.1, 0.15) is 52.4 Å². The first kappa shape index (κ1) is 9.51. The average Bonchev–Trinajstić information content (AvgIpc) is 2.80. The van der Waals surface area contributed by atoms with Gasteiger partial charge in [-0.2, -0.15) is 0 Å². The predicted molar refractivity (Wildman–Crippen MR) is 56.4 cm³/mol. The molecule has 0 aromatic heterocycles. The highest BCUT2D eigenvalue weighted by Gasteiger charge is 2.36. The molecule has 76 valence electrons. The molecule has 0 radical (unpaired) electrons. The highest BCUT2D eigenvalue weighted by molar-refractivity contribution is 4.90. The van der Waals surface area contributed by atoms with E-state index in [-0.39, 0.29) is 0 Å². The van der Waals surface area contributed by atoms with E-state index in [4.69, 9.17) is 5.73 Å². The van der Waals surface area contributed by atoms with Gasteiger partial charge in [-0.1, -0.05) is 26.7 Å². The Labute approximate surface area is 82.1 Å². The van der Waals surface area contributed by atoms with Gasteiger partial charge in [0.2, 0.25) is 0 Å². The van der Waals surface area contributed by atoms with Crippen LogP contribution >= 0.6 is 0 Å². The van der Waals surface area contributed by atoms with Crippen molar-refractivity contribution in [2.24, 2.45) is 23.0 Å². The maximum absolute atomic E-state index is 6.18. The second-order valence-corrected chi connectivity index (χ2v) is 6.01. The standard InChI is InChI=1S/C12H23N/c1-12(2)6-5-11(13)10(8-12)7-9-3-4-9/h9-11H,3-8,13H2,1-2H3. The lowest BCUT2D eigenvalue weighted by molar-refractivity contribution is 0.146. The smallest absolute Gasteiger partial charge is 0.00676 e. The highest BCUT2D eigenvalue weighted by Crippen LogP contribution is 2.44. The maximum Gasteiger partial charge on any atom is 0.00676 e. The molecule has 0 spiro atoms. The van der Waals surface area contributed by atoms with E-state index < -0.39 is 0 Å². The first-order valence-electron chi connectivity index (χ1n) is 5.82. The Morgan fingerprint density at radius 2 is 1.92 bits per heavy atom. The van der Waals surface area contributed by atoms with Gasteiger partial charge in [0.05, 0.1) is 0 Å². The van der Waals surface area contributed by atoms with Crippen molar-refractivity contribution < 1.29 is 0 Å². The second-order valence-electron chi connectivity index (χ2n) is 6.01. The Kier molecular flexibility index (Phi) is 2.39. The molecule has 2 aliphatic rings. The van der Waals surface area contributed by atoms with E-state index in [0.717, 1.165) is 11.8 Å². The van der Waals surface area contributed by atoms with E-state index in [9.17, 15) is 0 Å². The molecule has 2 atom stereocenters. The molecule has 2 N–H and O–H groups in total. The largest absolute Gasteiger partial charge is 0.327 e. The van der Waals surface area contributed by atoms with Crippen molar-refractivity contribution in [3.63, 3.8) is 0 Å².